The molecule has 0 aliphatic carbocycles. The van der Waals surface area contributed by atoms with Gasteiger partial charge >= 0.3 is 12.3 Å². The minimum atomic E-state index is -4.93. The number of rotatable bonds is 2. The molecule has 0 saturated carbocycles. The SMILES string of the molecule is C[C@@H]1OC(=O)NN=C1c1ccc(-c2cc(F)c(F)cc2F)c(C(F)(F)F)c1. The molecule has 1 N–H and O–H groups in total. The maximum Gasteiger partial charge on any atom is 0.428 e. The van der Waals surface area contributed by atoms with Gasteiger partial charge in [0.1, 0.15) is 17.6 Å². The summed E-state index contributed by atoms with van der Waals surface area (Å²) in [6.07, 6.45) is -6.71. The second-order valence-corrected chi connectivity index (χ2v) is 5.66. The average Bonchev–Trinajstić information content (AvgIpc) is 2.57. The molecule has 3 rings (SSSR count). The summed E-state index contributed by atoms with van der Waals surface area (Å²) in [6.45, 7) is 1.41. The molecule has 1 amide bonds. The zero-order valence-electron chi connectivity index (χ0n) is 13.5. The lowest BCUT2D eigenvalue weighted by Gasteiger charge is -2.22. The smallest absolute Gasteiger partial charge is 0.428 e. The fourth-order valence-corrected chi connectivity index (χ4v) is 2.64. The Balaban J connectivity index is 2.18. The van der Waals surface area contributed by atoms with Gasteiger partial charge in [0.25, 0.3) is 0 Å². The van der Waals surface area contributed by atoms with Gasteiger partial charge in [-0.3, -0.25) is 0 Å². The predicted octanol–water partition coefficient (Wildman–Crippen LogP) is 4.62. The number of carbonyl (C=O) groups is 1. The standard InChI is InChI=1S/C17H10F6N2O2/c1-7-15(24-25-16(26)27-7)8-2-3-9(11(4-8)17(21,22)23)10-5-13(19)14(20)6-12(10)18/h2-7H,1H3,(H,25,26)/t7-/m0/s1. The van der Waals surface area contributed by atoms with Gasteiger partial charge in [-0.2, -0.15) is 18.3 Å². The van der Waals surface area contributed by atoms with Gasteiger partial charge in [0, 0.05) is 17.2 Å². The number of benzene rings is 2. The number of hydrogen-bond acceptors (Lipinski definition) is 3. The van der Waals surface area contributed by atoms with Crippen molar-refractivity contribution in [3.8, 4) is 11.1 Å². The van der Waals surface area contributed by atoms with Crippen LogP contribution in [0.15, 0.2) is 35.4 Å². The third-order valence-corrected chi connectivity index (χ3v) is 3.86. The lowest BCUT2D eigenvalue weighted by Crippen LogP contribution is -2.37. The number of hydrazone groups is 1. The highest BCUT2D eigenvalue weighted by Gasteiger charge is 2.36. The Morgan fingerprint density at radius 3 is 2.30 bits per heavy atom. The molecule has 2 aromatic carbocycles. The number of halogens is 6. The summed E-state index contributed by atoms with van der Waals surface area (Å²) in [5.74, 6) is -4.34. The minimum Gasteiger partial charge on any atom is -0.439 e. The van der Waals surface area contributed by atoms with E-state index in [1.165, 1.54) is 13.0 Å². The van der Waals surface area contributed by atoms with Crippen molar-refractivity contribution in [1.82, 2.24) is 5.43 Å². The van der Waals surface area contributed by atoms with Gasteiger partial charge in [-0.15, -0.1) is 0 Å². The van der Waals surface area contributed by atoms with E-state index in [9.17, 15) is 31.1 Å². The first-order chi connectivity index (χ1) is 12.6. The van der Waals surface area contributed by atoms with E-state index in [1.807, 2.05) is 5.43 Å². The molecular weight excluding hydrogens is 378 g/mol. The van der Waals surface area contributed by atoms with E-state index in [-0.39, 0.29) is 17.3 Å². The highest BCUT2D eigenvalue weighted by atomic mass is 19.4. The van der Waals surface area contributed by atoms with Crippen LogP contribution in [0.4, 0.5) is 31.1 Å². The largest absolute Gasteiger partial charge is 0.439 e. The first-order valence-corrected chi connectivity index (χ1v) is 7.48. The van der Waals surface area contributed by atoms with Gasteiger partial charge in [0.05, 0.1) is 5.56 Å². The monoisotopic (exact) mass is 388 g/mol. The van der Waals surface area contributed by atoms with Crippen molar-refractivity contribution in [2.75, 3.05) is 0 Å². The Morgan fingerprint density at radius 2 is 1.67 bits per heavy atom. The highest BCUT2D eigenvalue weighted by molar-refractivity contribution is 6.06. The number of carbonyl (C=O) groups excluding carboxylic acids is 1. The number of alkyl halides is 3. The van der Waals surface area contributed by atoms with E-state index in [4.69, 9.17) is 4.74 Å². The maximum atomic E-state index is 14.0. The molecule has 0 aromatic heterocycles. The van der Waals surface area contributed by atoms with Crippen molar-refractivity contribution >= 4 is 11.8 Å². The molecule has 0 fully saturated rings. The molecule has 0 bridgehead atoms. The van der Waals surface area contributed by atoms with Crippen molar-refractivity contribution in [3.05, 3.63) is 58.9 Å². The van der Waals surface area contributed by atoms with Crippen LogP contribution in [-0.4, -0.2) is 17.9 Å². The van der Waals surface area contributed by atoms with Crippen LogP contribution in [0.5, 0.6) is 0 Å². The molecule has 0 unspecified atom stereocenters. The van der Waals surface area contributed by atoms with Crippen LogP contribution < -0.4 is 5.43 Å². The van der Waals surface area contributed by atoms with Gasteiger partial charge in [0.2, 0.25) is 0 Å². The number of ether oxygens (including phenoxy) is 1. The zero-order valence-corrected chi connectivity index (χ0v) is 13.5. The predicted molar refractivity (Wildman–Crippen MR) is 82.4 cm³/mol. The minimum absolute atomic E-state index is 0.0115. The molecular formula is C17H10F6N2O2. The van der Waals surface area contributed by atoms with Crippen LogP contribution >= 0.6 is 0 Å². The van der Waals surface area contributed by atoms with Gasteiger partial charge in [0.15, 0.2) is 11.6 Å². The summed E-state index contributed by atoms with van der Waals surface area (Å²) in [7, 11) is 0. The molecule has 0 saturated heterocycles. The Bertz CT molecular complexity index is 955. The molecule has 142 valence electrons. The average molecular weight is 388 g/mol. The van der Waals surface area contributed by atoms with E-state index in [2.05, 4.69) is 5.10 Å². The summed E-state index contributed by atoms with van der Waals surface area (Å²) in [4.78, 5) is 11.1. The molecule has 1 heterocycles. The number of nitrogens with zero attached hydrogens (tertiary/aromatic N) is 1. The Labute approximate surface area is 148 Å². The molecule has 1 aliphatic heterocycles. The quantitative estimate of drug-likeness (QED) is 0.603. The fraction of sp³-hybridized carbons (Fsp3) is 0.176. The van der Waals surface area contributed by atoms with Crippen LogP contribution in [0.25, 0.3) is 11.1 Å². The van der Waals surface area contributed by atoms with Crippen molar-refractivity contribution in [1.29, 1.82) is 0 Å². The van der Waals surface area contributed by atoms with Crippen molar-refractivity contribution < 1.29 is 35.9 Å². The Kier molecular flexibility index (Phi) is 4.58. The first kappa shape index (κ1) is 18.7. The third kappa shape index (κ3) is 3.60. The number of nitrogens with one attached hydrogen (secondary N) is 1. The van der Waals surface area contributed by atoms with E-state index >= 15 is 0 Å². The summed E-state index contributed by atoms with van der Waals surface area (Å²) >= 11 is 0. The van der Waals surface area contributed by atoms with E-state index in [1.54, 1.807) is 0 Å². The second-order valence-electron chi connectivity index (χ2n) is 5.66. The van der Waals surface area contributed by atoms with Crippen LogP contribution in [0.1, 0.15) is 18.1 Å². The Hall–Kier alpha value is -3.04. The van der Waals surface area contributed by atoms with Crippen LogP contribution in [0, 0.1) is 17.5 Å². The molecule has 0 radical (unpaired) electrons. The van der Waals surface area contributed by atoms with E-state index < -0.39 is 52.5 Å². The van der Waals surface area contributed by atoms with Crippen molar-refractivity contribution in [3.63, 3.8) is 0 Å². The van der Waals surface area contributed by atoms with Crippen LogP contribution in [0.2, 0.25) is 0 Å². The molecule has 1 aliphatic rings. The summed E-state index contributed by atoms with van der Waals surface area (Å²) in [6, 6.07) is 3.31. The van der Waals surface area contributed by atoms with Gasteiger partial charge in [-0.25, -0.2) is 23.4 Å². The van der Waals surface area contributed by atoms with Crippen LogP contribution in [-0.2, 0) is 10.9 Å². The normalized spacial score (nSPS) is 17.2. The molecule has 4 nitrogen and oxygen atoms in total. The fourth-order valence-electron chi connectivity index (χ4n) is 2.64. The first-order valence-electron chi connectivity index (χ1n) is 7.48. The van der Waals surface area contributed by atoms with Gasteiger partial charge < -0.3 is 4.74 Å². The topological polar surface area (TPSA) is 50.7 Å². The molecule has 10 heteroatoms. The summed E-state index contributed by atoms with van der Waals surface area (Å²) in [5, 5.41) is 3.67. The Morgan fingerprint density at radius 1 is 1.00 bits per heavy atom. The van der Waals surface area contributed by atoms with Gasteiger partial charge in [-0.05, 0) is 24.6 Å². The molecule has 0 spiro atoms. The van der Waals surface area contributed by atoms with Crippen LogP contribution in [0.3, 0.4) is 0 Å². The number of hydrogen-bond donors (Lipinski definition) is 1. The highest BCUT2D eigenvalue weighted by Crippen LogP contribution is 2.39. The second kappa shape index (κ2) is 6.60. The van der Waals surface area contributed by atoms with Gasteiger partial charge in [-0.1, -0.05) is 12.1 Å². The maximum absolute atomic E-state index is 14.0. The van der Waals surface area contributed by atoms with Crippen molar-refractivity contribution in [2.45, 2.75) is 19.2 Å². The summed E-state index contributed by atoms with van der Waals surface area (Å²) < 4.78 is 85.9. The lowest BCUT2D eigenvalue weighted by molar-refractivity contribution is -0.137. The molecule has 1 atom stereocenters. The van der Waals surface area contributed by atoms with E-state index in [0.29, 0.717) is 12.1 Å². The number of cyclic esters (lactones) is 1. The zero-order chi connectivity index (χ0) is 19.9. The number of amides is 1. The summed E-state index contributed by atoms with van der Waals surface area (Å²) in [5.41, 5.74) is -0.737. The third-order valence-electron chi connectivity index (χ3n) is 3.86. The molecule has 27 heavy (non-hydrogen) atoms. The van der Waals surface area contributed by atoms with E-state index in [0.717, 1.165) is 6.07 Å². The lowest BCUT2D eigenvalue weighted by atomic mass is 9.94. The molecule has 2 aromatic rings. The van der Waals surface area contributed by atoms with Crippen molar-refractivity contribution in [2.24, 2.45) is 5.10 Å².